The highest BCUT2D eigenvalue weighted by atomic mass is 35.5. The van der Waals surface area contributed by atoms with Gasteiger partial charge in [0.25, 0.3) is 0 Å². The van der Waals surface area contributed by atoms with E-state index in [-0.39, 0.29) is 6.04 Å². The molecule has 1 atom stereocenters. The summed E-state index contributed by atoms with van der Waals surface area (Å²) in [7, 11) is 0. The highest BCUT2D eigenvalue weighted by Gasteiger charge is 2.16. The molecule has 16 heavy (non-hydrogen) atoms. The number of aryl methyl sites for hydroxylation is 2. The Bertz CT molecular complexity index is 504. The number of thiophene rings is 1. The van der Waals surface area contributed by atoms with Crippen LogP contribution in [0.3, 0.4) is 0 Å². The van der Waals surface area contributed by atoms with Gasteiger partial charge in [-0.15, -0.1) is 11.3 Å². The number of halogens is 1. The summed E-state index contributed by atoms with van der Waals surface area (Å²) in [6.07, 6.45) is 0. The summed E-state index contributed by atoms with van der Waals surface area (Å²) in [6, 6.07) is 7.97. The van der Waals surface area contributed by atoms with Crippen LogP contribution in [0.4, 0.5) is 0 Å². The molecule has 0 saturated heterocycles. The maximum Gasteiger partial charge on any atom is 0.0663 e. The van der Waals surface area contributed by atoms with E-state index in [0.29, 0.717) is 0 Å². The molecule has 3 heteroatoms. The van der Waals surface area contributed by atoms with E-state index in [1.807, 2.05) is 25.1 Å². The van der Waals surface area contributed by atoms with Crippen LogP contribution in [0.1, 0.15) is 27.6 Å². The Morgan fingerprint density at radius 2 is 1.94 bits per heavy atom. The van der Waals surface area contributed by atoms with Crippen molar-refractivity contribution >= 4 is 22.9 Å². The van der Waals surface area contributed by atoms with E-state index in [4.69, 9.17) is 17.3 Å². The highest BCUT2D eigenvalue weighted by molar-refractivity contribution is 7.10. The Balaban J connectivity index is 2.46. The zero-order chi connectivity index (χ0) is 11.7. The van der Waals surface area contributed by atoms with Gasteiger partial charge < -0.3 is 5.73 Å². The smallest absolute Gasteiger partial charge is 0.0663 e. The van der Waals surface area contributed by atoms with Crippen molar-refractivity contribution in [3.8, 4) is 0 Å². The van der Waals surface area contributed by atoms with E-state index in [1.165, 1.54) is 10.4 Å². The molecular weight excluding hydrogens is 238 g/mol. The fraction of sp³-hybridized carbons (Fsp3) is 0.231. The average Bonchev–Trinajstić information content (AvgIpc) is 2.68. The van der Waals surface area contributed by atoms with Gasteiger partial charge in [-0.1, -0.05) is 29.8 Å². The number of hydrogen-bond acceptors (Lipinski definition) is 2. The fourth-order valence-corrected chi connectivity index (χ4v) is 2.94. The molecule has 1 heterocycles. The van der Waals surface area contributed by atoms with Gasteiger partial charge in [0.05, 0.1) is 6.04 Å². The summed E-state index contributed by atoms with van der Waals surface area (Å²) >= 11 is 7.97. The number of benzene rings is 1. The molecule has 2 aromatic rings. The molecule has 0 radical (unpaired) electrons. The maximum atomic E-state index is 6.28. The van der Waals surface area contributed by atoms with Crippen molar-refractivity contribution in [2.24, 2.45) is 5.73 Å². The van der Waals surface area contributed by atoms with Crippen LogP contribution in [0.2, 0.25) is 5.02 Å². The lowest BCUT2D eigenvalue weighted by Gasteiger charge is -2.14. The minimum absolute atomic E-state index is 0.118. The first-order valence-electron chi connectivity index (χ1n) is 5.16. The molecule has 0 saturated carbocycles. The molecule has 0 aliphatic rings. The van der Waals surface area contributed by atoms with Crippen LogP contribution in [-0.2, 0) is 0 Å². The largest absolute Gasteiger partial charge is 0.320 e. The van der Waals surface area contributed by atoms with Gasteiger partial charge in [0.2, 0.25) is 0 Å². The molecule has 0 amide bonds. The molecule has 0 bridgehead atoms. The normalized spacial score (nSPS) is 12.8. The van der Waals surface area contributed by atoms with Gasteiger partial charge in [0, 0.05) is 9.90 Å². The van der Waals surface area contributed by atoms with Crippen molar-refractivity contribution in [2.45, 2.75) is 19.9 Å². The van der Waals surface area contributed by atoms with Crippen molar-refractivity contribution in [3.63, 3.8) is 0 Å². The van der Waals surface area contributed by atoms with E-state index in [2.05, 4.69) is 18.4 Å². The summed E-state index contributed by atoms with van der Waals surface area (Å²) < 4.78 is 0. The summed E-state index contributed by atoms with van der Waals surface area (Å²) in [4.78, 5) is 1.19. The van der Waals surface area contributed by atoms with Gasteiger partial charge in [-0.25, -0.2) is 0 Å². The molecule has 0 spiro atoms. The first kappa shape index (κ1) is 11.6. The Kier molecular flexibility index (Phi) is 3.33. The molecule has 0 fully saturated rings. The van der Waals surface area contributed by atoms with Crippen molar-refractivity contribution in [3.05, 3.63) is 56.2 Å². The van der Waals surface area contributed by atoms with Crippen LogP contribution >= 0.6 is 22.9 Å². The predicted molar refractivity (Wildman–Crippen MR) is 71.3 cm³/mol. The summed E-state index contributed by atoms with van der Waals surface area (Å²) in [6.45, 7) is 4.08. The summed E-state index contributed by atoms with van der Waals surface area (Å²) in [5, 5.41) is 2.84. The Hall–Kier alpha value is -0.830. The third-order valence-corrected chi connectivity index (χ3v) is 4.36. The van der Waals surface area contributed by atoms with Gasteiger partial charge >= 0.3 is 0 Å². The van der Waals surface area contributed by atoms with Gasteiger partial charge in [-0.05, 0) is 42.0 Å². The van der Waals surface area contributed by atoms with Crippen LogP contribution in [0.25, 0.3) is 0 Å². The number of rotatable bonds is 2. The molecular formula is C13H14ClNS. The zero-order valence-electron chi connectivity index (χ0n) is 9.33. The average molecular weight is 252 g/mol. The maximum absolute atomic E-state index is 6.28. The molecule has 0 aliphatic heterocycles. The van der Waals surface area contributed by atoms with E-state index in [0.717, 1.165) is 16.1 Å². The first-order chi connectivity index (χ1) is 7.61. The second kappa shape index (κ2) is 4.58. The first-order valence-corrected chi connectivity index (χ1v) is 6.41. The quantitative estimate of drug-likeness (QED) is 0.856. The van der Waals surface area contributed by atoms with Crippen molar-refractivity contribution in [2.75, 3.05) is 0 Å². The van der Waals surface area contributed by atoms with Crippen LogP contribution < -0.4 is 5.73 Å². The topological polar surface area (TPSA) is 26.0 Å². The van der Waals surface area contributed by atoms with E-state index < -0.39 is 0 Å². The van der Waals surface area contributed by atoms with Crippen molar-refractivity contribution < 1.29 is 0 Å². The Labute approximate surface area is 105 Å². The number of hydrogen-bond donors (Lipinski definition) is 1. The summed E-state index contributed by atoms with van der Waals surface area (Å²) in [5.74, 6) is 0. The van der Waals surface area contributed by atoms with Crippen molar-refractivity contribution in [1.29, 1.82) is 0 Å². The molecule has 84 valence electrons. The van der Waals surface area contributed by atoms with Crippen LogP contribution in [-0.4, -0.2) is 0 Å². The lowest BCUT2D eigenvalue weighted by atomic mass is 10.0. The van der Waals surface area contributed by atoms with E-state index in [9.17, 15) is 0 Å². The second-order valence-corrected chi connectivity index (χ2v) is 5.25. The number of nitrogens with two attached hydrogens (primary N) is 1. The highest BCUT2D eigenvalue weighted by Crippen LogP contribution is 2.32. The van der Waals surface area contributed by atoms with Crippen molar-refractivity contribution in [1.82, 2.24) is 0 Å². The minimum Gasteiger partial charge on any atom is -0.320 e. The molecule has 1 nitrogen and oxygen atoms in total. The molecule has 0 aliphatic carbocycles. The van der Waals surface area contributed by atoms with E-state index >= 15 is 0 Å². The monoisotopic (exact) mass is 251 g/mol. The SMILES string of the molecule is Cc1ccsc1C(N)c1cccc(C)c1Cl. The third-order valence-electron chi connectivity index (χ3n) is 2.74. The lowest BCUT2D eigenvalue weighted by molar-refractivity contribution is 0.883. The van der Waals surface area contributed by atoms with Crippen LogP contribution in [0.5, 0.6) is 0 Å². The van der Waals surface area contributed by atoms with E-state index in [1.54, 1.807) is 11.3 Å². The Morgan fingerprint density at radius 3 is 2.56 bits per heavy atom. The van der Waals surface area contributed by atoms with Gasteiger partial charge in [-0.3, -0.25) is 0 Å². The predicted octanol–water partition coefficient (Wildman–Crippen LogP) is 4.07. The molecule has 1 unspecified atom stereocenters. The van der Waals surface area contributed by atoms with Gasteiger partial charge in [-0.2, -0.15) is 0 Å². The zero-order valence-corrected chi connectivity index (χ0v) is 10.9. The van der Waals surface area contributed by atoms with Gasteiger partial charge in [0.1, 0.15) is 0 Å². The second-order valence-electron chi connectivity index (χ2n) is 3.92. The van der Waals surface area contributed by atoms with Crippen LogP contribution in [0, 0.1) is 13.8 Å². The lowest BCUT2D eigenvalue weighted by Crippen LogP contribution is -2.12. The molecule has 1 aromatic carbocycles. The van der Waals surface area contributed by atoms with Crippen LogP contribution in [0.15, 0.2) is 29.6 Å². The van der Waals surface area contributed by atoms with Gasteiger partial charge in [0.15, 0.2) is 0 Å². The molecule has 2 N–H and O–H groups in total. The third kappa shape index (κ3) is 2.01. The molecule has 1 aromatic heterocycles. The minimum atomic E-state index is -0.118. The Morgan fingerprint density at radius 1 is 1.19 bits per heavy atom. The molecule has 2 rings (SSSR count). The fourth-order valence-electron chi connectivity index (χ4n) is 1.75. The standard InChI is InChI=1S/C13H14ClNS/c1-8-4-3-5-10(11(8)14)12(15)13-9(2)6-7-16-13/h3-7,12H,15H2,1-2H3. The summed E-state index contributed by atoms with van der Waals surface area (Å²) in [5.41, 5.74) is 9.57.